The highest BCUT2D eigenvalue weighted by Gasteiger charge is 2.68. The molecule has 11 nitrogen and oxygen atoms in total. The first-order chi connectivity index (χ1) is 27.2. The monoisotopic (exact) mass is 819 g/mol. The van der Waals surface area contributed by atoms with E-state index in [1.807, 2.05) is 94.5 Å². The van der Waals surface area contributed by atoms with E-state index in [-0.39, 0.29) is 77.8 Å². The summed E-state index contributed by atoms with van der Waals surface area (Å²) >= 11 is 0. The molecule has 0 saturated heterocycles. The SMILES string of the molecule is CN(C)Cc1cc(OCc2ccccc2)c2c(c1OC(F)(F)F)C[C@H]1C[C@H]3[C@H](N)c4onc(OCc5ccccc5)c4C(=O)[C@@]3(O[Si](C)(C)C(C)(C)C)C(=O)C1=C2O. The van der Waals surface area contributed by atoms with Crippen LogP contribution in [0.1, 0.15) is 77.2 Å². The number of nitrogens with zero attached hydrogens (tertiary/aromatic N) is 2. The summed E-state index contributed by atoms with van der Waals surface area (Å²) < 4.78 is 72.4. The normalized spacial score (nSPS) is 22.0. The minimum atomic E-state index is -5.09. The molecule has 1 aromatic heterocycles. The summed E-state index contributed by atoms with van der Waals surface area (Å²) in [6.07, 6.45) is -5.29. The Hall–Kier alpha value is -4.96. The lowest BCUT2D eigenvalue weighted by Crippen LogP contribution is -2.68. The van der Waals surface area contributed by atoms with Crippen molar-refractivity contribution in [2.75, 3.05) is 14.1 Å². The van der Waals surface area contributed by atoms with Crippen molar-refractivity contribution < 1.29 is 51.0 Å². The summed E-state index contributed by atoms with van der Waals surface area (Å²) in [7, 11) is 0.358. The highest BCUT2D eigenvalue weighted by Crippen LogP contribution is 2.58. The van der Waals surface area contributed by atoms with Crippen molar-refractivity contribution in [2.45, 2.75) is 89.5 Å². The zero-order valence-electron chi connectivity index (χ0n) is 33.5. The largest absolute Gasteiger partial charge is 0.573 e. The number of nitrogens with two attached hydrogens (primary N) is 1. The second-order valence-electron chi connectivity index (χ2n) is 17.1. The minimum absolute atomic E-state index is 0.00397. The third-order valence-electron chi connectivity index (χ3n) is 11.8. The molecule has 1 heterocycles. The Balaban J connectivity index is 1.42. The molecule has 1 fully saturated rings. The van der Waals surface area contributed by atoms with Gasteiger partial charge in [-0.1, -0.05) is 81.4 Å². The molecule has 0 unspecified atom stereocenters. The van der Waals surface area contributed by atoms with Gasteiger partial charge in [-0.05, 0) is 73.3 Å². The molecule has 3 aromatic carbocycles. The maximum Gasteiger partial charge on any atom is 0.573 e. The van der Waals surface area contributed by atoms with Crippen molar-refractivity contribution in [3.63, 3.8) is 0 Å². The molecule has 58 heavy (non-hydrogen) atoms. The van der Waals surface area contributed by atoms with Gasteiger partial charge in [-0.3, -0.25) is 9.59 Å². The van der Waals surface area contributed by atoms with Gasteiger partial charge in [0.15, 0.2) is 19.7 Å². The van der Waals surface area contributed by atoms with Gasteiger partial charge in [0.2, 0.25) is 11.6 Å². The Labute approximate surface area is 336 Å². The van der Waals surface area contributed by atoms with E-state index in [4.69, 9.17) is 28.9 Å². The maximum atomic E-state index is 15.6. The van der Waals surface area contributed by atoms with Crippen LogP contribution in [0.25, 0.3) is 5.76 Å². The average Bonchev–Trinajstić information content (AvgIpc) is 3.58. The number of ketones is 2. The van der Waals surface area contributed by atoms with E-state index in [0.29, 0.717) is 0 Å². The van der Waals surface area contributed by atoms with E-state index in [0.717, 1.165) is 11.1 Å². The van der Waals surface area contributed by atoms with Crippen LogP contribution >= 0.6 is 0 Å². The highest BCUT2D eigenvalue weighted by atomic mass is 28.4. The standard InChI is InChI=1S/C43H48F3N3O8Si/c1-41(2,3)58(6,7)57-42-29(34(47)37-33(39(42)52)40(48-56-37)54-23-25-16-12-9-13-17-25)19-26-18-28-32(35(50)31(26)38(42)51)30(53-22-24-14-10-8-11-15-24)20-27(21-49(4)5)36(28)55-43(44,45)46/h8-17,20,26,29,34,50H,18-19,21-23,47H2,1-7H3/t26-,29-,34-,42-/m0/s1. The van der Waals surface area contributed by atoms with Gasteiger partial charge in [-0.15, -0.1) is 13.2 Å². The van der Waals surface area contributed by atoms with Crippen LogP contribution in [0.15, 0.2) is 76.8 Å². The van der Waals surface area contributed by atoms with Crippen LogP contribution in [0.4, 0.5) is 13.2 Å². The Morgan fingerprint density at radius 1 is 0.948 bits per heavy atom. The number of Topliss-reactive ketones (excluding diaryl/α,β-unsaturated/α-hetero) is 2. The van der Waals surface area contributed by atoms with Gasteiger partial charge in [0.25, 0.3) is 5.88 Å². The average molecular weight is 820 g/mol. The van der Waals surface area contributed by atoms with Gasteiger partial charge in [-0.25, -0.2) is 0 Å². The van der Waals surface area contributed by atoms with Crippen molar-refractivity contribution in [1.29, 1.82) is 0 Å². The highest BCUT2D eigenvalue weighted by molar-refractivity contribution is 6.74. The van der Waals surface area contributed by atoms with Crippen LogP contribution in [0.5, 0.6) is 17.4 Å². The summed E-state index contributed by atoms with van der Waals surface area (Å²) in [6.45, 7) is 9.77. The molecule has 15 heteroatoms. The number of fused-ring (bicyclic) bond motifs is 4. The van der Waals surface area contributed by atoms with Gasteiger partial charge in [0, 0.05) is 29.2 Å². The second kappa shape index (κ2) is 15.0. The maximum absolute atomic E-state index is 15.6. The van der Waals surface area contributed by atoms with Crippen molar-refractivity contribution in [2.24, 2.45) is 17.6 Å². The lowest BCUT2D eigenvalue weighted by molar-refractivity contribution is -0.275. The summed E-state index contributed by atoms with van der Waals surface area (Å²) in [6, 6.07) is 18.6. The molecule has 3 aliphatic rings. The number of halogens is 3. The molecule has 0 radical (unpaired) electrons. The quantitative estimate of drug-likeness (QED) is 0.111. The van der Waals surface area contributed by atoms with Gasteiger partial charge in [-0.2, -0.15) is 0 Å². The zero-order valence-corrected chi connectivity index (χ0v) is 34.5. The lowest BCUT2D eigenvalue weighted by atomic mass is 9.57. The number of carbonyl (C=O) groups excluding carboxylic acids is 2. The molecule has 1 saturated carbocycles. The van der Waals surface area contributed by atoms with Gasteiger partial charge in [0.1, 0.15) is 36.0 Å². The van der Waals surface area contributed by atoms with Crippen LogP contribution in [0.3, 0.4) is 0 Å². The van der Waals surface area contributed by atoms with Crippen molar-refractivity contribution >= 4 is 25.6 Å². The molecule has 3 aliphatic carbocycles. The fourth-order valence-corrected chi connectivity index (χ4v) is 9.53. The Morgan fingerprint density at radius 3 is 2.12 bits per heavy atom. The first kappa shape index (κ1) is 41.2. The number of hydrogen-bond donors (Lipinski definition) is 2. The van der Waals surface area contributed by atoms with Gasteiger partial charge >= 0.3 is 6.36 Å². The Kier molecular flexibility index (Phi) is 10.7. The van der Waals surface area contributed by atoms with Crippen LogP contribution in [0, 0.1) is 11.8 Å². The van der Waals surface area contributed by atoms with Crippen molar-refractivity contribution in [1.82, 2.24) is 10.1 Å². The number of carbonyl (C=O) groups is 2. The molecule has 4 aromatic rings. The number of alkyl halides is 3. The van der Waals surface area contributed by atoms with Gasteiger partial charge in [0.05, 0.1) is 11.6 Å². The van der Waals surface area contributed by atoms with E-state index in [2.05, 4.69) is 5.16 Å². The van der Waals surface area contributed by atoms with E-state index < -0.39 is 66.3 Å². The molecule has 0 bridgehead atoms. The number of ether oxygens (including phenoxy) is 3. The van der Waals surface area contributed by atoms with Crippen molar-refractivity contribution in [3.8, 4) is 17.4 Å². The Morgan fingerprint density at radius 2 is 1.55 bits per heavy atom. The molecular weight excluding hydrogens is 772 g/mol. The van der Waals surface area contributed by atoms with Crippen LogP contribution in [0.2, 0.25) is 18.1 Å². The summed E-state index contributed by atoms with van der Waals surface area (Å²) in [5, 5.41) is 16.0. The van der Waals surface area contributed by atoms with Crippen molar-refractivity contribution in [3.05, 3.63) is 111 Å². The summed E-state index contributed by atoms with van der Waals surface area (Å²) in [5.74, 6) is -4.74. The second-order valence-corrected chi connectivity index (χ2v) is 21.8. The van der Waals surface area contributed by atoms with Crippen LogP contribution < -0.4 is 19.9 Å². The number of aliphatic hydroxyl groups excluding tert-OH is 1. The molecule has 0 amide bonds. The molecular formula is C43H48F3N3O8Si. The topological polar surface area (TPSA) is 147 Å². The van der Waals surface area contributed by atoms with E-state index >= 15 is 9.59 Å². The number of aromatic nitrogens is 1. The fraction of sp³-hybridized carbons (Fsp3) is 0.419. The smallest absolute Gasteiger partial charge is 0.507 e. The third-order valence-corrected chi connectivity index (χ3v) is 16.2. The van der Waals surface area contributed by atoms with E-state index in [9.17, 15) is 18.3 Å². The third kappa shape index (κ3) is 7.33. The van der Waals surface area contributed by atoms with Gasteiger partial charge < -0.3 is 38.9 Å². The Bertz CT molecular complexity index is 2250. The predicted molar refractivity (Wildman–Crippen MR) is 211 cm³/mol. The number of hydrogen-bond acceptors (Lipinski definition) is 11. The number of benzene rings is 3. The van der Waals surface area contributed by atoms with Crippen LogP contribution in [-0.2, 0) is 35.4 Å². The van der Waals surface area contributed by atoms with Crippen LogP contribution in [-0.4, -0.2) is 61.1 Å². The molecule has 7 rings (SSSR count). The predicted octanol–water partition coefficient (Wildman–Crippen LogP) is 8.48. The molecule has 3 N–H and O–H groups in total. The van der Waals surface area contributed by atoms with E-state index in [1.165, 1.54) is 6.07 Å². The molecule has 0 aliphatic heterocycles. The van der Waals surface area contributed by atoms with E-state index in [1.54, 1.807) is 19.0 Å². The molecule has 4 atom stereocenters. The number of rotatable bonds is 11. The number of aliphatic hydroxyl groups is 1. The summed E-state index contributed by atoms with van der Waals surface area (Å²) in [5.41, 5.74) is 6.06. The summed E-state index contributed by atoms with van der Waals surface area (Å²) in [4.78, 5) is 32.6. The first-order valence-electron chi connectivity index (χ1n) is 19.1. The lowest BCUT2D eigenvalue weighted by Gasteiger charge is -2.53. The zero-order chi connectivity index (χ0) is 41.9. The fourth-order valence-electron chi connectivity index (χ4n) is 8.08. The minimum Gasteiger partial charge on any atom is -0.507 e. The molecule has 308 valence electrons. The first-order valence-corrected chi connectivity index (χ1v) is 22.1. The molecule has 0 spiro atoms.